The van der Waals surface area contributed by atoms with Crippen LogP contribution < -0.4 is 4.90 Å². The minimum atomic E-state index is -2.74. The lowest BCUT2D eigenvalue weighted by molar-refractivity contribution is -0.127. The van der Waals surface area contributed by atoms with E-state index in [2.05, 4.69) is 10.2 Å². The second-order valence-corrected chi connectivity index (χ2v) is 7.79. The van der Waals surface area contributed by atoms with Gasteiger partial charge in [-0.05, 0) is 30.9 Å². The fourth-order valence-corrected chi connectivity index (χ4v) is 4.49. The van der Waals surface area contributed by atoms with E-state index in [9.17, 15) is 18.8 Å². The minimum Gasteiger partial charge on any atom is -0.308 e. The number of rotatable bonds is 4. The van der Waals surface area contributed by atoms with Crippen molar-refractivity contribution in [2.75, 3.05) is 11.4 Å². The van der Waals surface area contributed by atoms with Crippen molar-refractivity contribution in [3.05, 3.63) is 36.9 Å². The van der Waals surface area contributed by atoms with Gasteiger partial charge < -0.3 is 4.90 Å². The van der Waals surface area contributed by atoms with Crippen LogP contribution in [0, 0.1) is 28.6 Å². The Kier molecular flexibility index (Phi) is 3.75. The normalized spacial score (nSPS) is 24.6. The molecule has 2 atom stereocenters. The van der Waals surface area contributed by atoms with Crippen molar-refractivity contribution in [2.24, 2.45) is 24.3 Å². The minimum absolute atomic E-state index is 0.173. The molecule has 1 saturated carbocycles. The summed E-state index contributed by atoms with van der Waals surface area (Å²) < 4.78 is 31.0. The van der Waals surface area contributed by atoms with Gasteiger partial charge in [-0.3, -0.25) is 9.48 Å². The molecule has 1 aliphatic carbocycles. The largest absolute Gasteiger partial charge is 0.308 e. The molecule has 5 rings (SSSR count). The first-order chi connectivity index (χ1) is 14.0. The van der Waals surface area contributed by atoms with E-state index in [1.807, 2.05) is 25.4 Å². The number of carbonyl (C=O) groups is 1. The maximum atomic E-state index is 13.9. The van der Waals surface area contributed by atoms with Crippen LogP contribution in [0.4, 0.5) is 14.5 Å². The van der Waals surface area contributed by atoms with E-state index in [-0.39, 0.29) is 12.5 Å². The molecular formula is C20H18F2N6O. The molecule has 4 heterocycles. The van der Waals surface area contributed by atoms with Crippen LogP contribution in [-0.2, 0) is 11.8 Å². The Bertz CT molecular complexity index is 1160. The number of halogens is 2. The van der Waals surface area contributed by atoms with E-state index < -0.39 is 23.7 Å². The fraction of sp³-hybridized carbons (Fsp3) is 0.400. The monoisotopic (exact) mass is 396 g/mol. The third-order valence-corrected chi connectivity index (χ3v) is 6.09. The lowest BCUT2D eigenvalue weighted by Gasteiger charge is -2.24. The number of amides is 1. The maximum absolute atomic E-state index is 13.9. The molecule has 3 aromatic rings. The molecule has 1 amide bonds. The van der Waals surface area contributed by atoms with Crippen LogP contribution in [0.2, 0.25) is 0 Å². The molecule has 0 spiro atoms. The number of hydrogen-bond donors (Lipinski definition) is 0. The molecule has 0 radical (unpaired) electrons. The van der Waals surface area contributed by atoms with Gasteiger partial charge in [0.2, 0.25) is 12.3 Å². The average molecular weight is 396 g/mol. The number of nitrogens with zero attached hydrogens (tertiary/aromatic N) is 6. The van der Waals surface area contributed by atoms with Crippen molar-refractivity contribution in [1.29, 1.82) is 5.26 Å². The summed E-state index contributed by atoms with van der Waals surface area (Å²) in [6, 6.07) is 5.49. The van der Waals surface area contributed by atoms with Crippen molar-refractivity contribution in [3.8, 4) is 17.2 Å². The van der Waals surface area contributed by atoms with Crippen molar-refractivity contribution in [1.82, 2.24) is 19.4 Å². The molecule has 9 heteroatoms. The molecule has 2 fully saturated rings. The van der Waals surface area contributed by atoms with E-state index in [1.165, 1.54) is 11.1 Å². The number of carbonyl (C=O) groups excluding carboxylic acids is 1. The van der Waals surface area contributed by atoms with Crippen LogP contribution in [0.5, 0.6) is 0 Å². The molecule has 3 aromatic heterocycles. The third kappa shape index (κ3) is 2.48. The topological polar surface area (TPSA) is 79.2 Å². The first-order valence-corrected chi connectivity index (χ1v) is 9.43. The van der Waals surface area contributed by atoms with Gasteiger partial charge in [0.15, 0.2) is 0 Å². The van der Waals surface area contributed by atoms with Gasteiger partial charge >= 0.3 is 0 Å². The van der Waals surface area contributed by atoms with Crippen LogP contribution >= 0.6 is 0 Å². The summed E-state index contributed by atoms with van der Waals surface area (Å²) in [5.74, 6) is -2.11. The SMILES string of the molecule is Cn1cc(-c2cc3c(N4C[C@H](C(F)F)[C@@](C#N)(C5CC5)C4=O)ccnn3c2)cn1. The first kappa shape index (κ1) is 17.8. The molecule has 0 unspecified atom stereocenters. The number of hydrogen-bond acceptors (Lipinski definition) is 4. The van der Waals surface area contributed by atoms with E-state index >= 15 is 0 Å². The zero-order valence-corrected chi connectivity index (χ0v) is 15.7. The maximum Gasteiger partial charge on any atom is 0.248 e. The van der Waals surface area contributed by atoms with E-state index in [4.69, 9.17) is 0 Å². The van der Waals surface area contributed by atoms with Crippen LogP contribution in [0.3, 0.4) is 0 Å². The summed E-state index contributed by atoms with van der Waals surface area (Å²) in [6.45, 7) is -0.173. The molecule has 2 aliphatic rings. The standard InChI is InChI=1S/C20H18F2N6O/c1-26-8-13(7-25-26)12-6-17-16(4-5-24-28(17)9-12)27-10-15(18(21)22)20(11-23,19(27)29)14-2-3-14/h4-9,14-15,18H,2-3,10H2,1H3/t15-,20-/m1/s1. The number of aromatic nitrogens is 4. The van der Waals surface area contributed by atoms with Crippen LogP contribution in [0.15, 0.2) is 36.9 Å². The zero-order valence-electron chi connectivity index (χ0n) is 15.7. The summed E-state index contributed by atoms with van der Waals surface area (Å²) in [5.41, 5.74) is 1.20. The summed E-state index contributed by atoms with van der Waals surface area (Å²) in [4.78, 5) is 14.7. The molecule has 148 valence electrons. The Morgan fingerprint density at radius 2 is 2.07 bits per heavy atom. The van der Waals surface area contributed by atoms with Gasteiger partial charge in [0.05, 0.1) is 29.4 Å². The summed E-state index contributed by atoms with van der Waals surface area (Å²) in [6.07, 6.45) is 5.45. The fourth-order valence-electron chi connectivity index (χ4n) is 4.49. The van der Waals surface area contributed by atoms with Gasteiger partial charge in [0.25, 0.3) is 0 Å². The van der Waals surface area contributed by atoms with E-state index in [0.717, 1.165) is 11.1 Å². The summed E-state index contributed by atoms with van der Waals surface area (Å²) in [7, 11) is 1.82. The van der Waals surface area contributed by atoms with Gasteiger partial charge in [-0.2, -0.15) is 15.5 Å². The van der Waals surface area contributed by atoms with Crippen molar-refractivity contribution >= 4 is 17.1 Å². The Labute approximate surface area is 165 Å². The van der Waals surface area contributed by atoms with Crippen LogP contribution in [-0.4, -0.2) is 38.3 Å². The summed E-state index contributed by atoms with van der Waals surface area (Å²) in [5, 5.41) is 18.2. The van der Waals surface area contributed by atoms with Crippen molar-refractivity contribution in [3.63, 3.8) is 0 Å². The number of aryl methyl sites for hydroxylation is 1. The van der Waals surface area contributed by atoms with Gasteiger partial charge in [0.1, 0.15) is 5.41 Å². The number of alkyl halides is 2. The smallest absolute Gasteiger partial charge is 0.248 e. The molecule has 0 N–H and O–H groups in total. The van der Waals surface area contributed by atoms with Crippen LogP contribution in [0.25, 0.3) is 16.6 Å². The van der Waals surface area contributed by atoms with E-state index in [0.29, 0.717) is 24.0 Å². The Hall–Kier alpha value is -3.28. The molecule has 1 aliphatic heterocycles. The highest BCUT2D eigenvalue weighted by Gasteiger charge is 2.65. The van der Waals surface area contributed by atoms with Crippen molar-refractivity contribution < 1.29 is 13.6 Å². The molecule has 29 heavy (non-hydrogen) atoms. The van der Waals surface area contributed by atoms with Crippen LogP contribution in [0.1, 0.15) is 12.8 Å². The zero-order chi connectivity index (χ0) is 20.3. The van der Waals surface area contributed by atoms with Gasteiger partial charge in [-0.1, -0.05) is 0 Å². The van der Waals surface area contributed by atoms with Gasteiger partial charge in [-0.15, -0.1) is 0 Å². The lowest BCUT2D eigenvalue weighted by Crippen LogP contribution is -2.39. The Morgan fingerprint density at radius 3 is 2.69 bits per heavy atom. The Morgan fingerprint density at radius 1 is 1.28 bits per heavy atom. The van der Waals surface area contributed by atoms with E-state index in [1.54, 1.807) is 27.7 Å². The molecular weight excluding hydrogens is 378 g/mol. The molecule has 1 saturated heterocycles. The average Bonchev–Trinajstić information content (AvgIpc) is 3.18. The van der Waals surface area contributed by atoms with Gasteiger partial charge in [0, 0.05) is 43.3 Å². The highest BCUT2D eigenvalue weighted by molar-refractivity contribution is 6.05. The molecule has 0 bridgehead atoms. The first-order valence-electron chi connectivity index (χ1n) is 9.43. The van der Waals surface area contributed by atoms with Gasteiger partial charge in [-0.25, -0.2) is 13.3 Å². The highest BCUT2D eigenvalue weighted by Crippen LogP contribution is 2.56. The predicted octanol–water partition coefficient (Wildman–Crippen LogP) is 2.88. The third-order valence-electron chi connectivity index (χ3n) is 6.09. The second-order valence-electron chi connectivity index (χ2n) is 7.79. The lowest BCUT2D eigenvalue weighted by atomic mass is 9.74. The number of nitriles is 1. The second kappa shape index (κ2) is 6.11. The number of fused-ring (bicyclic) bond motifs is 1. The molecule has 0 aromatic carbocycles. The van der Waals surface area contributed by atoms with Crippen molar-refractivity contribution in [2.45, 2.75) is 19.3 Å². The highest BCUT2D eigenvalue weighted by atomic mass is 19.3. The predicted molar refractivity (Wildman–Crippen MR) is 100 cm³/mol. The summed E-state index contributed by atoms with van der Waals surface area (Å²) >= 11 is 0. The molecule has 7 nitrogen and oxygen atoms in total. The Balaban J connectivity index is 1.61. The quantitative estimate of drug-likeness (QED) is 0.679. The number of anilines is 1.